The zero-order chi connectivity index (χ0) is 28.0. The summed E-state index contributed by atoms with van der Waals surface area (Å²) in [6.07, 6.45) is 19.5. The van der Waals surface area contributed by atoms with Gasteiger partial charge in [0.05, 0.1) is 18.1 Å². The molecule has 1 aliphatic carbocycles. The second-order valence-electron chi connectivity index (χ2n) is 11.7. The highest BCUT2D eigenvalue weighted by molar-refractivity contribution is 5.85. The topological polar surface area (TPSA) is 91.3 Å². The average molecular weight is 549 g/mol. The quantitative estimate of drug-likeness (QED) is 0.211. The van der Waals surface area contributed by atoms with Crippen molar-refractivity contribution in [2.75, 3.05) is 13.2 Å². The molecule has 222 valence electrons. The predicted octanol–water partition coefficient (Wildman–Crippen LogP) is 6.84. The van der Waals surface area contributed by atoms with E-state index in [-0.39, 0.29) is 48.3 Å². The summed E-state index contributed by atoms with van der Waals surface area (Å²) in [5.41, 5.74) is 0. The Kier molecular flexibility index (Phi) is 14.2. The van der Waals surface area contributed by atoms with E-state index in [9.17, 15) is 9.59 Å². The normalized spacial score (nSPS) is 30.6. The number of rotatable bonds is 16. The van der Waals surface area contributed by atoms with Crippen LogP contribution in [0.25, 0.3) is 0 Å². The number of hydrogen-bond acceptors (Lipinski definition) is 6. The minimum Gasteiger partial charge on any atom is -0.481 e. The molecule has 3 unspecified atom stereocenters. The highest BCUT2D eigenvalue weighted by Gasteiger charge is 2.42. The molecule has 7 heteroatoms. The van der Waals surface area contributed by atoms with Crippen molar-refractivity contribution in [2.24, 2.45) is 23.7 Å². The van der Waals surface area contributed by atoms with Gasteiger partial charge in [-0.3, -0.25) is 9.59 Å². The summed E-state index contributed by atoms with van der Waals surface area (Å²) >= 11 is 0. The van der Waals surface area contributed by atoms with Crippen molar-refractivity contribution in [3.63, 3.8) is 0 Å². The van der Waals surface area contributed by atoms with E-state index in [1.54, 1.807) is 6.92 Å². The van der Waals surface area contributed by atoms with Gasteiger partial charge < -0.3 is 24.1 Å². The van der Waals surface area contributed by atoms with Gasteiger partial charge in [-0.25, -0.2) is 0 Å². The van der Waals surface area contributed by atoms with E-state index in [1.807, 2.05) is 12.2 Å². The number of ketones is 1. The van der Waals surface area contributed by atoms with E-state index < -0.39 is 5.97 Å². The molecule has 2 heterocycles. The molecule has 0 aromatic carbocycles. The number of ether oxygens (including phenoxy) is 4. The minimum atomic E-state index is -0.770. The molecule has 1 saturated carbocycles. The van der Waals surface area contributed by atoms with Gasteiger partial charge in [0, 0.05) is 31.5 Å². The SMILES string of the molecule is CCCC[C@@H](C)[C@@H](/C=C/[C@H]1[C@H](OC2CCCCO2)CC(=O)[C@@H]1C/C=C\CCC(C)C(=O)O)OC1CCCCO1. The van der Waals surface area contributed by atoms with Crippen molar-refractivity contribution in [2.45, 2.75) is 129 Å². The number of aliphatic carboxylic acids is 1. The van der Waals surface area contributed by atoms with E-state index in [4.69, 9.17) is 24.1 Å². The van der Waals surface area contributed by atoms with Crippen LogP contribution in [0, 0.1) is 23.7 Å². The fourth-order valence-corrected chi connectivity index (χ4v) is 5.78. The molecule has 7 nitrogen and oxygen atoms in total. The van der Waals surface area contributed by atoms with Crippen molar-refractivity contribution >= 4 is 11.8 Å². The molecule has 0 amide bonds. The van der Waals surface area contributed by atoms with Crippen molar-refractivity contribution in [1.82, 2.24) is 0 Å². The van der Waals surface area contributed by atoms with Crippen LogP contribution in [0.15, 0.2) is 24.3 Å². The minimum absolute atomic E-state index is 0.0534. The van der Waals surface area contributed by atoms with Crippen molar-refractivity contribution in [3.8, 4) is 0 Å². The van der Waals surface area contributed by atoms with E-state index in [0.29, 0.717) is 38.2 Å². The number of allylic oxidation sites excluding steroid dienone is 2. The Hall–Kier alpha value is -1.54. The molecular formula is C32H52O7. The number of carboxylic acids is 1. The molecule has 3 rings (SSSR count). The van der Waals surface area contributed by atoms with Crippen molar-refractivity contribution < 1.29 is 33.6 Å². The lowest BCUT2D eigenvalue weighted by Crippen LogP contribution is -2.32. The standard InChI is InChI=1S/C32H52O7/c1-4-5-13-23(2)28(38-30-16-9-11-20-36-30)19-18-26-25(15-8-6-7-14-24(3)32(34)35)27(33)22-29(26)39-31-17-10-12-21-37-31/h6,8,18-19,23-26,28-31H,4-5,7,9-17,20-22H2,1-3H3,(H,34,35)/b8-6-,19-18+/t23-,24?,25-,26-,28-,29-,30?,31?/m1/s1. The summed E-state index contributed by atoms with van der Waals surface area (Å²) in [7, 11) is 0. The molecule has 0 aromatic rings. The first kappa shape index (κ1) is 32.0. The smallest absolute Gasteiger partial charge is 0.306 e. The van der Waals surface area contributed by atoms with E-state index in [2.05, 4.69) is 26.0 Å². The Morgan fingerprint density at radius 1 is 1.05 bits per heavy atom. The number of unbranched alkanes of at least 4 members (excludes halogenated alkanes) is 1. The van der Waals surface area contributed by atoms with Crippen molar-refractivity contribution in [1.29, 1.82) is 0 Å². The molecule has 3 aliphatic rings. The molecule has 2 saturated heterocycles. The molecule has 3 fully saturated rings. The number of carbonyl (C=O) groups excluding carboxylic acids is 1. The first-order valence-electron chi connectivity index (χ1n) is 15.5. The van der Waals surface area contributed by atoms with Crippen LogP contribution in [-0.4, -0.2) is 54.9 Å². The lowest BCUT2D eigenvalue weighted by Gasteiger charge is -2.31. The Morgan fingerprint density at radius 3 is 2.41 bits per heavy atom. The number of Topliss-reactive ketones (excluding diaryl/α,β-unsaturated/α-hetero) is 1. The second-order valence-corrected chi connectivity index (χ2v) is 11.7. The lowest BCUT2D eigenvalue weighted by atomic mass is 9.88. The third-order valence-corrected chi connectivity index (χ3v) is 8.46. The average Bonchev–Trinajstić information content (AvgIpc) is 3.23. The maximum atomic E-state index is 13.2. The van der Waals surface area contributed by atoms with Crippen LogP contribution in [0.4, 0.5) is 0 Å². The lowest BCUT2D eigenvalue weighted by molar-refractivity contribution is -0.193. The summed E-state index contributed by atoms with van der Waals surface area (Å²) in [6.45, 7) is 7.64. The monoisotopic (exact) mass is 548 g/mol. The van der Waals surface area contributed by atoms with Gasteiger partial charge >= 0.3 is 5.97 Å². The van der Waals surface area contributed by atoms with Gasteiger partial charge in [-0.05, 0) is 70.1 Å². The Balaban J connectivity index is 1.72. The van der Waals surface area contributed by atoms with Crippen LogP contribution >= 0.6 is 0 Å². The Morgan fingerprint density at radius 2 is 1.77 bits per heavy atom. The second kappa shape index (κ2) is 17.3. The van der Waals surface area contributed by atoms with Crippen LogP contribution in [0.1, 0.15) is 104 Å². The van der Waals surface area contributed by atoms with Crippen LogP contribution in [0.2, 0.25) is 0 Å². The summed E-state index contributed by atoms with van der Waals surface area (Å²) in [4.78, 5) is 24.3. The van der Waals surface area contributed by atoms with Gasteiger partial charge in [0.2, 0.25) is 0 Å². The fraction of sp³-hybridized carbons (Fsp3) is 0.812. The van der Waals surface area contributed by atoms with Crippen molar-refractivity contribution in [3.05, 3.63) is 24.3 Å². The van der Waals surface area contributed by atoms with Gasteiger partial charge in [-0.1, -0.05) is 57.9 Å². The highest BCUT2D eigenvalue weighted by Crippen LogP contribution is 2.37. The van der Waals surface area contributed by atoms with E-state index in [0.717, 1.165) is 64.4 Å². The van der Waals surface area contributed by atoms with E-state index in [1.165, 1.54) is 0 Å². The van der Waals surface area contributed by atoms with Crippen LogP contribution in [0.3, 0.4) is 0 Å². The summed E-state index contributed by atoms with van der Waals surface area (Å²) in [5, 5.41) is 9.12. The number of hydrogen-bond donors (Lipinski definition) is 1. The molecule has 0 radical (unpaired) electrons. The molecular weight excluding hydrogens is 496 g/mol. The molecule has 39 heavy (non-hydrogen) atoms. The van der Waals surface area contributed by atoms with Gasteiger partial charge in [0.25, 0.3) is 0 Å². The molecule has 2 aliphatic heterocycles. The summed E-state index contributed by atoms with van der Waals surface area (Å²) in [6, 6.07) is 0. The van der Waals surface area contributed by atoms with Gasteiger partial charge in [0.15, 0.2) is 12.6 Å². The van der Waals surface area contributed by atoms with Crippen LogP contribution < -0.4 is 0 Å². The maximum Gasteiger partial charge on any atom is 0.306 e. The van der Waals surface area contributed by atoms with Crippen LogP contribution in [0.5, 0.6) is 0 Å². The van der Waals surface area contributed by atoms with Gasteiger partial charge in [0.1, 0.15) is 5.78 Å². The first-order valence-corrected chi connectivity index (χ1v) is 15.5. The summed E-state index contributed by atoms with van der Waals surface area (Å²) < 4.78 is 24.7. The third-order valence-electron chi connectivity index (χ3n) is 8.46. The molecule has 0 bridgehead atoms. The first-order chi connectivity index (χ1) is 18.9. The van der Waals surface area contributed by atoms with Crippen LogP contribution in [-0.2, 0) is 28.5 Å². The Bertz CT molecular complexity index is 781. The van der Waals surface area contributed by atoms with Gasteiger partial charge in [-0.15, -0.1) is 0 Å². The zero-order valence-electron chi connectivity index (χ0n) is 24.4. The maximum absolute atomic E-state index is 13.2. The largest absolute Gasteiger partial charge is 0.481 e. The number of carboxylic acid groups (broad SMARTS) is 1. The molecule has 1 N–H and O–H groups in total. The fourth-order valence-electron chi connectivity index (χ4n) is 5.78. The van der Waals surface area contributed by atoms with E-state index >= 15 is 0 Å². The molecule has 0 spiro atoms. The zero-order valence-corrected chi connectivity index (χ0v) is 24.4. The predicted molar refractivity (Wildman–Crippen MR) is 151 cm³/mol. The Labute approximate surface area is 235 Å². The third kappa shape index (κ3) is 10.8. The highest BCUT2D eigenvalue weighted by atomic mass is 16.7. The number of carbonyl (C=O) groups is 2. The molecule has 0 aromatic heterocycles. The molecule has 8 atom stereocenters. The summed E-state index contributed by atoms with van der Waals surface area (Å²) in [5.74, 6) is -0.789. The van der Waals surface area contributed by atoms with Gasteiger partial charge in [-0.2, -0.15) is 0 Å².